The van der Waals surface area contributed by atoms with Crippen molar-refractivity contribution in [3.05, 3.63) is 0 Å². The van der Waals surface area contributed by atoms with Gasteiger partial charge in [0, 0.05) is 6.04 Å². The van der Waals surface area contributed by atoms with Crippen LogP contribution in [0.5, 0.6) is 0 Å². The monoisotopic (exact) mass is 205 g/mol. The zero-order valence-corrected chi connectivity index (χ0v) is 9.45. The van der Waals surface area contributed by atoms with E-state index in [4.69, 9.17) is 4.18 Å². The first-order valence-electron chi connectivity index (χ1n) is 4.78. The van der Waals surface area contributed by atoms with Crippen LogP contribution < -0.4 is 5.32 Å². The molecular weight excluding hydrogens is 186 g/mol. The second-order valence-corrected chi connectivity index (χ2v) is 6.35. The largest absolute Gasteiger partial charge is 0.312 e. The van der Waals surface area contributed by atoms with E-state index in [2.05, 4.69) is 5.32 Å². The molecule has 1 fully saturated rings. The fourth-order valence-electron chi connectivity index (χ4n) is 1.22. The molecule has 0 aromatic rings. The predicted molar refractivity (Wildman–Crippen MR) is 54.9 cm³/mol. The van der Waals surface area contributed by atoms with E-state index in [9.17, 15) is 4.21 Å². The van der Waals surface area contributed by atoms with Crippen molar-refractivity contribution in [2.45, 2.75) is 44.4 Å². The highest BCUT2D eigenvalue weighted by molar-refractivity contribution is 7.81. The normalized spacial score (nSPS) is 26.2. The van der Waals surface area contributed by atoms with Crippen LogP contribution in [0.4, 0.5) is 0 Å². The van der Waals surface area contributed by atoms with E-state index in [0.717, 1.165) is 13.0 Å². The van der Waals surface area contributed by atoms with Crippen LogP contribution in [0.1, 0.15) is 33.6 Å². The number of nitrogens with one attached hydrogen (secondary N) is 1. The van der Waals surface area contributed by atoms with Gasteiger partial charge in [-0.05, 0) is 40.2 Å². The summed E-state index contributed by atoms with van der Waals surface area (Å²) in [4.78, 5) is 0. The molecule has 0 bridgehead atoms. The fraction of sp³-hybridized carbons (Fsp3) is 1.00. The Morgan fingerprint density at radius 1 is 1.54 bits per heavy atom. The minimum absolute atomic E-state index is 0.265. The first-order chi connectivity index (χ1) is 6.00. The van der Waals surface area contributed by atoms with Crippen LogP contribution in [-0.2, 0) is 15.3 Å². The maximum Gasteiger partial charge on any atom is 0.161 e. The summed E-state index contributed by atoms with van der Waals surface area (Å²) < 4.78 is 16.5. The third kappa shape index (κ3) is 3.75. The van der Waals surface area contributed by atoms with Crippen LogP contribution in [0.25, 0.3) is 0 Å². The highest BCUT2D eigenvalue weighted by Gasteiger charge is 2.23. The van der Waals surface area contributed by atoms with Crippen molar-refractivity contribution in [1.29, 1.82) is 0 Å². The summed E-state index contributed by atoms with van der Waals surface area (Å²) in [6.45, 7) is 7.40. The van der Waals surface area contributed by atoms with Crippen LogP contribution in [-0.4, -0.2) is 28.1 Å². The highest BCUT2D eigenvalue weighted by Crippen LogP contribution is 2.14. The van der Waals surface area contributed by atoms with Crippen LogP contribution in [0.15, 0.2) is 0 Å². The molecule has 3 nitrogen and oxygen atoms in total. The van der Waals surface area contributed by atoms with Crippen molar-refractivity contribution in [3.8, 4) is 0 Å². The van der Waals surface area contributed by atoms with Crippen molar-refractivity contribution in [1.82, 2.24) is 5.32 Å². The van der Waals surface area contributed by atoms with Gasteiger partial charge in [-0.2, -0.15) is 0 Å². The number of hydrogen-bond acceptors (Lipinski definition) is 3. The molecular formula is C9H19NO2S. The quantitative estimate of drug-likeness (QED) is 0.753. The van der Waals surface area contributed by atoms with Gasteiger partial charge in [-0.1, -0.05) is 0 Å². The molecule has 1 aliphatic heterocycles. The zero-order valence-electron chi connectivity index (χ0n) is 8.63. The molecule has 1 heterocycles. The van der Waals surface area contributed by atoms with Crippen molar-refractivity contribution in [2.24, 2.45) is 0 Å². The molecule has 13 heavy (non-hydrogen) atoms. The first kappa shape index (κ1) is 11.1. The third-order valence-electron chi connectivity index (χ3n) is 2.04. The molecule has 0 spiro atoms. The van der Waals surface area contributed by atoms with Gasteiger partial charge in [0.15, 0.2) is 11.1 Å². The van der Waals surface area contributed by atoms with Gasteiger partial charge in [-0.15, -0.1) is 0 Å². The fourth-order valence-corrected chi connectivity index (χ4v) is 1.86. The average Bonchev–Trinajstić information content (AvgIpc) is 2.50. The summed E-state index contributed by atoms with van der Waals surface area (Å²) in [7, 11) is 0. The van der Waals surface area contributed by atoms with Crippen LogP contribution in [0.2, 0.25) is 0 Å². The molecule has 0 radical (unpaired) electrons. The van der Waals surface area contributed by atoms with Crippen molar-refractivity contribution in [2.75, 3.05) is 13.2 Å². The van der Waals surface area contributed by atoms with Gasteiger partial charge in [0.1, 0.15) is 0 Å². The molecule has 4 heteroatoms. The Hall–Kier alpha value is 0.0700. The Morgan fingerprint density at radius 2 is 2.23 bits per heavy atom. The van der Waals surface area contributed by atoms with Crippen molar-refractivity contribution in [3.63, 3.8) is 0 Å². The number of rotatable bonds is 3. The molecule has 0 aromatic heterocycles. The molecule has 0 aromatic carbocycles. The number of hydrogen-bond donors (Lipinski definition) is 1. The topological polar surface area (TPSA) is 38.3 Å². The third-order valence-corrected chi connectivity index (χ3v) is 3.39. The van der Waals surface area contributed by atoms with Gasteiger partial charge in [-0.3, -0.25) is 4.18 Å². The second kappa shape index (κ2) is 4.53. The van der Waals surface area contributed by atoms with E-state index in [1.165, 1.54) is 6.42 Å². The maximum absolute atomic E-state index is 11.5. The van der Waals surface area contributed by atoms with E-state index >= 15 is 0 Å². The van der Waals surface area contributed by atoms with Crippen LogP contribution >= 0.6 is 0 Å². The van der Waals surface area contributed by atoms with Gasteiger partial charge >= 0.3 is 0 Å². The Kier molecular flexibility index (Phi) is 3.88. The molecule has 1 rings (SSSR count). The van der Waals surface area contributed by atoms with Crippen LogP contribution in [0, 0.1) is 0 Å². The van der Waals surface area contributed by atoms with E-state index < -0.39 is 11.1 Å². The Balaban J connectivity index is 2.22. The van der Waals surface area contributed by atoms with Crippen LogP contribution in [0.3, 0.4) is 0 Å². The standard InChI is InChI=1S/C9H19NO2S/c1-9(2,3)13(11)12-7-8-5-4-6-10-8/h8,10H,4-7H2,1-3H3/t8-,13?/m0/s1. The summed E-state index contributed by atoms with van der Waals surface area (Å²) in [6, 6.07) is 0.409. The lowest BCUT2D eigenvalue weighted by Gasteiger charge is -2.18. The molecule has 0 amide bonds. The maximum atomic E-state index is 11.5. The molecule has 1 aliphatic rings. The zero-order chi connectivity index (χ0) is 9.90. The van der Waals surface area contributed by atoms with Gasteiger partial charge in [0.2, 0.25) is 0 Å². The Morgan fingerprint density at radius 3 is 2.69 bits per heavy atom. The lowest BCUT2D eigenvalue weighted by Crippen LogP contribution is -2.31. The summed E-state index contributed by atoms with van der Waals surface area (Å²) in [5.74, 6) is 0. The summed E-state index contributed by atoms with van der Waals surface area (Å²) in [5.41, 5.74) is 0. The van der Waals surface area contributed by atoms with Gasteiger partial charge in [0.25, 0.3) is 0 Å². The predicted octanol–water partition coefficient (Wildman–Crippen LogP) is 1.22. The lowest BCUT2D eigenvalue weighted by atomic mass is 10.2. The smallest absolute Gasteiger partial charge is 0.161 e. The Bertz CT molecular complexity index is 183. The van der Waals surface area contributed by atoms with Gasteiger partial charge in [0.05, 0.1) is 11.4 Å². The molecule has 0 aliphatic carbocycles. The molecule has 1 saturated heterocycles. The molecule has 1 N–H and O–H groups in total. The first-order valence-corrected chi connectivity index (χ1v) is 5.86. The lowest BCUT2D eigenvalue weighted by molar-refractivity contribution is 0.294. The van der Waals surface area contributed by atoms with E-state index in [-0.39, 0.29) is 4.75 Å². The van der Waals surface area contributed by atoms with E-state index in [0.29, 0.717) is 12.6 Å². The molecule has 1 unspecified atom stereocenters. The minimum atomic E-state index is -1.17. The molecule has 2 atom stereocenters. The highest BCUT2D eigenvalue weighted by atomic mass is 32.2. The summed E-state index contributed by atoms with van der Waals surface area (Å²) in [5, 5.41) is 3.30. The molecule has 0 saturated carbocycles. The summed E-state index contributed by atoms with van der Waals surface area (Å²) >= 11 is -1.17. The average molecular weight is 205 g/mol. The second-order valence-electron chi connectivity index (χ2n) is 4.42. The van der Waals surface area contributed by atoms with E-state index in [1.807, 2.05) is 20.8 Å². The van der Waals surface area contributed by atoms with Gasteiger partial charge < -0.3 is 5.32 Å². The van der Waals surface area contributed by atoms with E-state index in [1.54, 1.807) is 0 Å². The minimum Gasteiger partial charge on any atom is -0.312 e. The summed E-state index contributed by atoms with van der Waals surface area (Å²) in [6.07, 6.45) is 2.34. The SMILES string of the molecule is CC(C)(C)S(=O)OC[C@@H]1CCCN1. The van der Waals surface area contributed by atoms with Crippen molar-refractivity contribution < 1.29 is 8.39 Å². The Labute approximate surface area is 82.9 Å². The van der Waals surface area contributed by atoms with Crippen molar-refractivity contribution >= 4 is 11.1 Å². The molecule has 78 valence electrons. The van der Waals surface area contributed by atoms with Gasteiger partial charge in [-0.25, -0.2) is 4.21 Å².